The molecule has 1 aliphatic heterocycles. The molecule has 0 saturated carbocycles. The number of aromatic nitrogens is 2. The van der Waals surface area contributed by atoms with Gasteiger partial charge in [-0.1, -0.05) is 12.1 Å². The molecule has 0 bridgehead atoms. The van der Waals surface area contributed by atoms with Crippen LogP contribution in [0.15, 0.2) is 24.3 Å². The summed E-state index contributed by atoms with van der Waals surface area (Å²) in [4.78, 5) is 4.71. The second kappa shape index (κ2) is 6.20. The van der Waals surface area contributed by atoms with Crippen molar-refractivity contribution in [3.8, 4) is 0 Å². The summed E-state index contributed by atoms with van der Waals surface area (Å²) in [5, 5.41) is 3.65. The van der Waals surface area contributed by atoms with Gasteiger partial charge in [-0.05, 0) is 12.1 Å². The molecule has 3 nitrogen and oxygen atoms in total. The highest BCUT2D eigenvalue weighted by Gasteiger charge is 2.14. The van der Waals surface area contributed by atoms with Gasteiger partial charge in [-0.25, -0.2) is 4.98 Å². The lowest BCUT2D eigenvalue weighted by molar-refractivity contribution is 0.576. The number of rotatable bonds is 3. The topological polar surface area (TPSA) is 29.9 Å². The van der Waals surface area contributed by atoms with E-state index >= 15 is 0 Å². The van der Waals surface area contributed by atoms with E-state index in [0.29, 0.717) is 6.04 Å². The first-order valence-electron chi connectivity index (χ1n) is 6.64. The number of fused-ring (bicyclic) bond motifs is 1. The van der Waals surface area contributed by atoms with E-state index in [-0.39, 0.29) is 0 Å². The van der Waals surface area contributed by atoms with Crippen molar-refractivity contribution < 1.29 is 0 Å². The van der Waals surface area contributed by atoms with E-state index < -0.39 is 0 Å². The largest absolute Gasteiger partial charge is 0.330 e. The van der Waals surface area contributed by atoms with Gasteiger partial charge in [0.05, 0.1) is 17.6 Å². The summed E-state index contributed by atoms with van der Waals surface area (Å²) in [7, 11) is 2.10. The fraction of sp³-hybridized carbons (Fsp3) is 0.500. The molecule has 2 heterocycles. The standard InChI is InChI=1S/C14H19N3S2/c1-17-13-5-3-2-4-12(13)16-14(17)8-15-11-9-18-6-7-19-10-11/h2-5,11,15H,6-10H2,1H3. The van der Waals surface area contributed by atoms with Crippen LogP contribution in [-0.4, -0.2) is 38.6 Å². The summed E-state index contributed by atoms with van der Waals surface area (Å²) in [5.74, 6) is 6.14. The zero-order valence-corrected chi connectivity index (χ0v) is 12.8. The summed E-state index contributed by atoms with van der Waals surface area (Å²) in [6, 6.07) is 8.93. The highest BCUT2D eigenvalue weighted by Crippen LogP contribution is 2.18. The van der Waals surface area contributed by atoms with Gasteiger partial charge in [-0.15, -0.1) is 0 Å². The molecule has 5 heteroatoms. The second-order valence-electron chi connectivity index (χ2n) is 4.80. The van der Waals surface area contributed by atoms with Crippen LogP contribution in [0.5, 0.6) is 0 Å². The predicted octanol–water partition coefficient (Wildman–Crippen LogP) is 2.51. The van der Waals surface area contributed by atoms with Gasteiger partial charge in [0.2, 0.25) is 0 Å². The fourth-order valence-electron chi connectivity index (χ4n) is 2.32. The number of aryl methyl sites for hydroxylation is 1. The molecular formula is C14H19N3S2. The molecule has 1 fully saturated rings. The Bertz CT molecular complexity index is 545. The van der Waals surface area contributed by atoms with Crippen LogP contribution in [0.1, 0.15) is 5.82 Å². The van der Waals surface area contributed by atoms with Crippen molar-refractivity contribution in [3.05, 3.63) is 30.1 Å². The maximum atomic E-state index is 4.71. The monoisotopic (exact) mass is 293 g/mol. The molecule has 0 amide bonds. The Morgan fingerprint density at radius 1 is 1.26 bits per heavy atom. The number of nitrogens with zero attached hydrogens (tertiary/aromatic N) is 2. The van der Waals surface area contributed by atoms with Crippen molar-refractivity contribution in [1.82, 2.24) is 14.9 Å². The minimum atomic E-state index is 0.609. The Balaban J connectivity index is 1.69. The minimum Gasteiger partial charge on any atom is -0.330 e. The minimum absolute atomic E-state index is 0.609. The predicted molar refractivity (Wildman–Crippen MR) is 86.0 cm³/mol. The molecule has 0 aliphatic carbocycles. The first-order chi connectivity index (χ1) is 9.34. The molecule has 1 aromatic heterocycles. The normalized spacial score (nSPS) is 17.7. The van der Waals surface area contributed by atoms with Crippen molar-refractivity contribution in [2.24, 2.45) is 7.05 Å². The molecule has 1 aromatic carbocycles. The Labute approximate surface area is 122 Å². The van der Waals surface area contributed by atoms with Crippen LogP contribution in [0.4, 0.5) is 0 Å². The van der Waals surface area contributed by atoms with Gasteiger partial charge < -0.3 is 9.88 Å². The van der Waals surface area contributed by atoms with Crippen LogP contribution < -0.4 is 5.32 Å². The summed E-state index contributed by atoms with van der Waals surface area (Å²) in [6.45, 7) is 0.858. The molecule has 19 heavy (non-hydrogen) atoms. The summed E-state index contributed by atoms with van der Waals surface area (Å²) in [5.41, 5.74) is 2.30. The van der Waals surface area contributed by atoms with Gasteiger partial charge in [0.25, 0.3) is 0 Å². The Morgan fingerprint density at radius 2 is 2.00 bits per heavy atom. The first kappa shape index (κ1) is 13.3. The smallest absolute Gasteiger partial charge is 0.123 e. The number of hydrogen-bond acceptors (Lipinski definition) is 4. The van der Waals surface area contributed by atoms with E-state index in [9.17, 15) is 0 Å². The molecule has 1 N–H and O–H groups in total. The van der Waals surface area contributed by atoms with E-state index in [1.807, 2.05) is 6.07 Å². The van der Waals surface area contributed by atoms with E-state index in [1.165, 1.54) is 28.5 Å². The lowest BCUT2D eigenvalue weighted by atomic mass is 10.3. The maximum Gasteiger partial charge on any atom is 0.123 e. The molecule has 0 atom stereocenters. The average molecular weight is 293 g/mol. The van der Waals surface area contributed by atoms with Crippen molar-refractivity contribution >= 4 is 34.6 Å². The summed E-state index contributed by atoms with van der Waals surface area (Å²) >= 11 is 4.12. The third kappa shape index (κ3) is 3.09. The van der Waals surface area contributed by atoms with Crippen LogP contribution in [0.3, 0.4) is 0 Å². The number of nitrogens with one attached hydrogen (secondary N) is 1. The number of benzene rings is 1. The molecule has 1 saturated heterocycles. The van der Waals surface area contributed by atoms with Crippen LogP contribution in [0.25, 0.3) is 11.0 Å². The van der Waals surface area contributed by atoms with Gasteiger partial charge >= 0.3 is 0 Å². The summed E-state index contributed by atoms with van der Waals surface area (Å²) < 4.78 is 2.19. The van der Waals surface area contributed by atoms with Gasteiger partial charge in [-0.2, -0.15) is 23.5 Å². The molecule has 2 aromatic rings. The van der Waals surface area contributed by atoms with Gasteiger partial charge in [0.1, 0.15) is 5.82 Å². The van der Waals surface area contributed by atoms with Crippen LogP contribution >= 0.6 is 23.5 Å². The van der Waals surface area contributed by atoms with Crippen molar-refractivity contribution in [2.45, 2.75) is 12.6 Å². The molecule has 1 aliphatic rings. The molecule has 0 spiro atoms. The average Bonchev–Trinajstić information content (AvgIpc) is 2.63. The Hall–Kier alpha value is -0.650. The number of hydrogen-bond donors (Lipinski definition) is 1. The lowest BCUT2D eigenvalue weighted by Gasteiger charge is -2.15. The highest BCUT2D eigenvalue weighted by atomic mass is 32.2. The van der Waals surface area contributed by atoms with Crippen molar-refractivity contribution in [3.63, 3.8) is 0 Å². The SMILES string of the molecule is Cn1c(CNC2CSCCSC2)nc2ccccc21. The lowest BCUT2D eigenvalue weighted by Crippen LogP contribution is -2.33. The first-order valence-corrected chi connectivity index (χ1v) is 8.95. The van der Waals surface area contributed by atoms with E-state index in [2.05, 4.69) is 58.7 Å². The summed E-state index contributed by atoms with van der Waals surface area (Å²) in [6.07, 6.45) is 0. The number of imidazole rings is 1. The Morgan fingerprint density at radius 3 is 2.74 bits per heavy atom. The third-order valence-electron chi connectivity index (χ3n) is 3.44. The Kier molecular flexibility index (Phi) is 4.35. The maximum absolute atomic E-state index is 4.71. The van der Waals surface area contributed by atoms with E-state index in [0.717, 1.165) is 17.9 Å². The molecular weight excluding hydrogens is 274 g/mol. The van der Waals surface area contributed by atoms with Crippen LogP contribution in [-0.2, 0) is 13.6 Å². The van der Waals surface area contributed by atoms with Crippen LogP contribution in [0, 0.1) is 0 Å². The zero-order chi connectivity index (χ0) is 13.1. The van der Waals surface area contributed by atoms with Crippen molar-refractivity contribution in [1.29, 1.82) is 0 Å². The quantitative estimate of drug-likeness (QED) is 0.942. The highest BCUT2D eigenvalue weighted by molar-refractivity contribution is 8.03. The fourth-order valence-corrected chi connectivity index (χ4v) is 4.79. The van der Waals surface area contributed by atoms with E-state index in [4.69, 9.17) is 4.98 Å². The van der Waals surface area contributed by atoms with Crippen molar-refractivity contribution in [2.75, 3.05) is 23.0 Å². The van der Waals surface area contributed by atoms with Gasteiger partial charge in [0, 0.05) is 36.1 Å². The molecule has 0 radical (unpaired) electrons. The number of para-hydroxylation sites is 2. The molecule has 102 valence electrons. The number of thioether (sulfide) groups is 2. The zero-order valence-electron chi connectivity index (χ0n) is 11.1. The van der Waals surface area contributed by atoms with Gasteiger partial charge in [0.15, 0.2) is 0 Å². The van der Waals surface area contributed by atoms with Gasteiger partial charge in [-0.3, -0.25) is 0 Å². The van der Waals surface area contributed by atoms with E-state index in [1.54, 1.807) is 0 Å². The molecule has 0 unspecified atom stereocenters. The molecule has 3 rings (SSSR count). The third-order valence-corrected chi connectivity index (χ3v) is 5.96. The van der Waals surface area contributed by atoms with Crippen LogP contribution in [0.2, 0.25) is 0 Å². The second-order valence-corrected chi connectivity index (χ2v) is 7.10.